The van der Waals surface area contributed by atoms with Crippen LogP contribution in [0.2, 0.25) is 0 Å². The van der Waals surface area contributed by atoms with E-state index in [1.807, 2.05) is 16.7 Å². The van der Waals surface area contributed by atoms with Crippen molar-refractivity contribution in [2.24, 2.45) is 5.92 Å². The summed E-state index contributed by atoms with van der Waals surface area (Å²) in [6.07, 6.45) is 4.32. The first-order valence-electron chi connectivity index (χ1n) is 6.60. The summed E-state index contributed by atoms with van der Waals surface area (Å²) in [7, 11) is 0. The summed E-state index contributed by atoms with van der Waals surface area (Å²) in [5, 5.41) is 4.07. The molecule has 1 heterocycles. The lowest BCUT2D eigenvalue weighted by atomic mass is 10.1. The third-order valence-corrected chi connectivity index (χ3v) is 4.55. The molecule has 0 aromatic carbocycles. The zero-order chi connectivity index (χ0) is 13.0. The molecule has 0 aromatic heterocycles. The van der Waals surface area contributed by atoms with Crippen LogP contribution in [-0.4, -0.2) is 41.1 Å². The molecule has 1 amide bonds. The summed E-state index contributed by atoms with van der Waals surface area (Å²) >= 11 is 1.87. The fourth-order valence-electron chi connectivity index (χ4n) is 2.24. The zero-order valence-electron chi connectivity index (χ0n) is 11.7. The predicted molar refractivity (Wildman–Crippen MR) is 75.1 cm³/mol. The van der Waals surface area contributed by atoms with Crippen LogP contribution in [0, 0.1) is 5.92 Å². The van der Waals surface area contributed by atoms with Crippen LogP contribution >= 0.6 is 11.8 Å². The van der Waals surface area contributed by atoms with Gasteiger partial charge in [-0.1, -0.05) is 27.7 Å². The van der Waals surface area contributed by atoms with Crippen molar-refractivity contribution in [2.75, 3.05) is 12.8 Å². The monoisotopic (exact) mass is 258 g/mol. The largest absolute Gasteiger partial charge is 0.325 e. The van der Waals surface area contributed by atoms with Crippen molar-refractivity contribution in [3.05, 3.63) is 0 Å². The molecular formula is C13H26N2OS. The highest BCUT2D eigenvalue weighted by molar-refractivity contribution is 7.99. The molecule has 1 rings (SSSR count). The molecule has 1 fully saturated rings. The zero-order valence-corrected chi connectivity index (χ0v) is 12.5. The maximum atomic E-state index is 12.2. The van der Waals surface area contributed by atoms with Crippen molar-refractivity contribution in [2.45, 2.75) is 58.0 Å². The van der Waals surface area contributed by atoms with Gasteiger partial charge in [-0.15, -0.1) is 0 Å². The van der Waals surface area contributed by atoms with Crippen LogP contribution in [0.1, 0.15) is 40.5 Å². The Kier molecular flexibility index (Phi) is 5.80. The topological polar surface area (TPSA) is 32.3 Å². The standard InChI is InChI=1S/C13H26N2OS/c1-6-11-13(16)15(8-7-10(4)17-5)12(14-11)9(2)3/h9-12,14H,6-8H2,1-5H3. The summed E-state index contributed by atoms with van der Waals surface area (Å²) in [6.45, 7) is 9.52. The number of rotatable bonds is 6. The number of nitrogens with zero attached hydrogens (tertiary/aromatic N) is 1. The second-order valence-corrected chi connectivity index (χ2v) is 6.46. The molecule has 0 radical (unpaired) electrons. The van der Waals surface area contributed by atoms with Gasteiger partial charge < -0.3 is 4.90 Å². The Morgan fingerprint density at radius 3 is 2.53 bits per heavy atom. The average Bonchev–Trinajstić information content (AvgIpc) is 2.63. The van der Waals surface area contributed by atoms with E-state index in [2.05, 4.69) is 39.3 Å². The summed E-state index contributed by atoms with van der Waals surface area (Å²) in [5.74, 6) is 0.764. The quantitative estimate of drug-likeness (QED) is 0.793. The molecule has 100 valence electrons. The smallest absolute Gasteiger partial charge is 0.241 e. The molecule has 4 heteroatoms. The second kappa shape index (κ2) is 6.64. The van der Waals surface area contributed by atoms with Gasteiger partial charge in [-0.05, 0) is 25.0 Å². The molecule has 1 N–H and O–H groups in total. The molecular weight excluding hydrogens is 232 g/mol. The van der Waals surface area contributed by atoms with Gasteiger partial charge in [-0.2, -0.15) is 11.8 Å². The Hall–Kier alpha value is -0.220. The van der Waals surface area contributed by atoms with Gasteiger partial charge in [0.25, 0.3) is 0 Å². The molecule has 1 aliphatic rings. The minimum atomic E-state index is 0.0342. The number of carbonyl (C=O) groups is 1. The highest BCUT2D eigenvalue weighted by atomic mass is 32.2. The Morgan fingerprint density at radius 2 is 2.06 bits per heavy atom. The van der Waals surface area contributed by atoms with Crippen LogP contribution in [0.5, 0.6) is 0 Å². The third kappa shape index (κ3) is 3.62. The van der Waals surface area contributed by atoms with Gasteiger partial charge in [-0.3, -0.25) is 10.1 Å². The first kappa shape index (κ1) is 14.8. The number of thioether (sulfide) groups is 1. The van der Waals surface area contributed by atoms with E-state index in [1.54, 1.807) is 0 Å². The normalized spacial score (nSPS) is 26.9. The van der Waals surface area contributed by atoms with Crippen LogP contribution in [0.3, 0.4) is 0 Å². The van der Waals surface area contributed by atoms with E-state index in [9.17, 15) is 4.79 Å². The number of nitrogens with one attached hydrogen (secondary N) is 1. The van der Waals surface area contributed by atoms with E-state index in [4.69, 9.17) is 0 Å². The van der Waals surface area contributed by atoms with Gasteiger partial charge in [0.05, 0.1) is 12.2 Å². The highest BCUT2D eigenvalue weighted by Gasteiger charge is 2.38. The number of amides is 1. The molecule has 0 spiro atoms. The van der Waals surface area contributed by atoms with Crippen molar-refractivity contribution in [1.82, 2.24) is 10.2 Å². The molecule has 0 saturated carbocycles. The molecule has 1 saturated heterocycles. The molecule has 0 aromatic rings. The Morgan fingerprint density at radius 1 is 1.41 bits per heavy atom. The Labute approximate surface area is 110 Å². The van der Waals surface area contributed by atoms with Crippen molar-refractivity contribution >= 4 is 17.7 Å². The van der Waals surface area contributed by atoms with Crippen LogP contribution in [-0.2, 0) is 4.79 Å². The molecule has 1 aliphatic heterocycles. The Balaban J connectivity index is 2.62. The fraction of sp³-hybridized carbons (Fsp3) is 0.923. The minimum Gasteiger partial charge on any atom is -0.325 e. The third-order valence-electron chi connectivity index (χ3n) is 3.51. The predicted octanol–water partition coefficient (Wildman–Crippen LogP) is 2.32. The summed E-state index contributed by atoms with van der Waals surface area (Å²) in [6, 6.07) is 0.0342. The van der Waals surface area contributed by atoms with Crippen molar-refractivity contribution in [3.8, 4) is 0 Å². The molecule has 0 aliphatic carbocycles. The van der Waals surface area contributed by atoms with Gasteiger partial charge in [0.1, 0.15) is 0 Å². The SMILES string of the molecule is CCC1NC(C(C)C)N(CCC(C)SC)C1=O. The number of hydrogen-bond donors (Lipinski definition) is 1. The molecule has 3 nitrogen and oxygen atoms in total. The van der Waals surface area contributed by atoms with Crippen LogP contribution < -0.4 is 5.32 Å². The molecule has 3 unspecified atom stereocenters. The van der Waals surface area contributed by atoms with E-state index >= 15 is 0 Å². The van der Waals surface area contributed by atoms with Crippen LogP contribution in [0.15, 0.2) is 0 Å². The molecule has 0 bridgehead atoms. The molecule has 17 heavy (non-hydrogen) atoms. The van der Waals surface area contributed by atoms with Gasteiger partial charge in [0.2, 0.25) is 5.91 Å². The lowest BCUT2D eigenvalue weighted by Gasteiger charge is -2.28. The van der Waals surface area contributed by atoms with Gasteiger partial charge in [-0.25, -0.2) is 0 Å². The minimum absolute atomic E-state index is 0.0342. The lowest BCUT2D eigenvalue weighted by Crippen LogP contribution is -2.42. The van der Waals surface area contributed by atoms with Gasteiger partial charge in [0.15, 0.2) is 0 Å². The van der Waals surface area contributed by atoms with Crippen molar-refractivity contribution in [3.63, 3.8) is 0 Å². The van der Waals surface area contributed by atoms with E-state index in [0.717, 1.165) is 19.4 Å². The lowest BCUT2D eigenvalue weighted by molar-refractivity contribution is -0.130. The first-order valence-corrected chi connectivity index (χ1v) is 7.89. The first-order chi connectivity index (χ1) is 8.01. The summed E-state index contributed by atoms with van der Waals surface area (Å²) in [4.78, 5) is 14.3. The molecule has 3 atom stereocenters. The summed E-state index contributed by atoms with van der Waals surface area (Å²) < 4.78 is 0. The van der Waals surface area contributed by atoms with Crippen molar-refractivity contribution < 1.29 is 4.79 Å². The average molecular weight is 258 g/mol. The van der Waals surface area contributed by atoms with Crippen molar-refractivity contribution in [1.29, 1.82) is 0 Å². The van der Waals surface area contributed by atoms with E-state index in [-0.39, 0.29) is 12.2 Å². The highest BCUT2D eigenvalue weighted by Crippen LogP contribution is 2.21. The summed E-state index contributed by atoms with van der Waals surface area (Å²) in [5.41, 5.74) is 0. The Bertz CT molecular complexity index is 258. The van der Waals surface area contributed by atoms with Gasteiger partial charge in [0, 0.05) is 11.8 Å². The van der Waals surface area contributed by atoms with Gasteiger partial charge >= 0.3 is 0 Å². The van der Waals surface area contributed by atoms with Crippen LogP contribution in [0.4, 0.5) is 0 Å². The van der Waals surface area contributed by atoms with E-state index in [1.165, 1.54) is 0 Å². The van der Waals surface area contributed by atoms with Crippen LogP contribution in [0.25, 0.3) is 0 Å². The number of carbonyl (C=O) groups excluding carboxylic acids is 1. The fourth-order valence-corrected chi connectivity index (χ4v) is 2.58. The van der Waals surface area contributed by atoms with E-state index < -0.39 is 0 Å². The maximum absolute atomic E-state index is 12.2. The maximum Gasteiger partial charge on any atom is 0.241 e. The van der Waals surface area contributed by atoms with E-state index in [0.29, 0.717) is 17.1 Å². The second-order valence-electron chi connectivity index (χ2n) is 5.18. The number of hydrogen-bond acceptors (Lipinski definition) is 3.